The van der Waals surface area contributed by atoms with E-state index in [4.69, 9.17) is 4.74 Å². The van der Waals surface area contributed by atoms with Crippen molar-refractivity contribution < 1.29 is 14.3 Å². The fourth-order valence-electron chi connectivity index (χ4n) is 1.09. The quantitative estimate of drug-likeness (QED) is 0.498. The Morgan fingerprint density at radius 3 is 2.00 bits per heavy atom. The second-order valence-electron chi connectivity index (χ2n) is 4.44. The van der Waals surface area contributed by atoms with E-state index in [-0.39, 0.29) is 17.8 Å². The molecule has 0 saturated carbocycles. The molecule has 1 atom stereocenters. The van der Waals surface area contributed by atoms with E-state index >= 15 is 0 Å². The van der Waals surface area contributed by atoms with Gasteiger partial charge in [-0.1, -0.05) is 20.8 Å². The Morgan fingerprint density at radius 2 is 1.77 bits per heavy atom. The fraction of sp³-hybridized carbons (Fsp3) is 0.800. The second kappa shape index (κ2) is 3.90. The van der Waals surface area contributed by atoms with E-state index in [1.807, 2.05) is 20.8 Å². The SMILES string of the molecule is COC(=O)C(C)(CC=O)C(C)(C)C. The largest absolute Gasteiger partial charge is 0.469 e. The summed E-state index contributed by atoms with van der Waals surface area (Å²) in [6.45, 7) is 7.53. The summed E-state index contributed by atoms with van der Waals surface area (Å²) >= 11 is 0. The van der Waals surface area contributed by atoms with Crippen LogP contribution in [-0.4, -0.2) is 19.4 Å². The number of ether oxygens (including phenoxy) is 1. The molecule has 0 aliphatic carbocycles. The highest BCUT2D eigenvalue weighted by Gasteiger charge is 2.44. The molecule has 0 aromatic rings. The van der Waals surface area contributed by atoms with Crippen LogP contribution in [0, 0.1) is 10.8 Å². The smallest absolute Gasteiger partial charge is 0.312 e. The monoisotopic (exact) mass is 186 g/mol. The lowest BCUT2D eigenvalue weighted by molar-refractivity contribution is -0.160. The highest BCUT2D eigenvalue weighted by atomic mass is 16.5. The normalized spacial score (nSPS) is 16.1. The zero-order chi connectivity index (χ0) is 10.7. The molecule has 0 heterocycles. The molecule has 0 fully saturated rings. The summed E-state index contributed by atoms with van der Waals surface area (Å²) in [7, 11) is 1.34. The number of carbonyl (C=O) groups excluding carboxylic acids is 2. The molecule has 0 aromatic heterocycles. The number of rotatable bonds is 3. The van der Waals surface area contributed by atoms with Gasteiger partial charge in [-0.3, -0.25) is 4.79 Å². The van der Waals surface area contributed by atoms with Crippen LogP contribution in [-0.2, 0) is 14.3 Å². The summed E-state index contributed by atoms with van der Waals surface area (Å²) in [5.41, 5.74) is -1.01. The molecule has 13 heavy (non-hydrogen) atoms. The zero-order valence-corrected chi connectivity index (χ0v) is 9.01. The van der Waals surface area contributed by atoms with Gasteiger partial charge in [-0.05, 0) is 12.3 Å². The Kier molecular flexibility index (Phi) is 3.64. The molecular weight excluding hydrogens is 168 g/mol. The molecule has 0 aliphatic heterocycles. The Labute approximate surface area is 79.5 Å². The van der Waals surface area contributed by atoms with Crippen molar-refractivity contribution in [2.75, 3.05) is 7.11 Å². The summed E-state index contributed by atoms with van der Waals surface area (Å²) in [5, 5.41) is 0. The molecule has 0 amide bonds. The lowest BCUT2D eigenvalue weighted by Crippen LogP contribution is -2.41. The van der Waals surface area contributed by atoms with Crippen molar-refractivity contribution in [3.05, 3.63) is 0 Å². The molecule has 0 rings (SSSR count). The summed E-state index contributed by atoms with van der Waals surface area (Å²) < 4.78 is 4.70. The first-order valence-electron chi connectivity index (χ1n) is 4.31. The number of aldehydes is 1. The van der Waals surface area contributed by atoms with E-state index in [0.29, 0.717) is 0 Å². The number of carbonyl (C=O) groups is 2. The van der Waals surface area contributed by atoms with Crippen LogP contribution >= 0.6 is 0 Å². The first kappa shape index (κ1) is 12.1. The Bertz CT molecular complexity index is 203. The van der Waals surface area contributed by atoms with Gasteiger partial charge in [0.25, 0.3) is 0 Å². The van der Waals surface area contributed by atoms with Gasteiger partial charge in [-0.2, -0.15) is 0 Å². The summed E-state index contributed by atoms with van der Waals surface area (Å²) in [4.78, 5) is 22.0. The highest BCUT2D eigenvalue weighted by molar-refractivity contribution is 5.80. The maximum atomic E-state index is 11.5. The van der Waals surface area contributed by atoms with Crippen LogP contribution in [0.4, 0.5) is 0 Å². The average molecular weight is 186 g/mol. The lowest BCUT2D eigenvalue weighted by Gasteiger charge is -2.37. The van der Waals surface area contributed by atoms with Gasteiger partial charge in [0.05, 0.1) is 12.5 Å². The van der Waals surface area contributed by atoms with E-state index in [9.17, 15) is 9.59 Å². The molecule has 0 aromatic carbocycles. The van der Waals surface area contributed by atoms with Crippen molar-refractivity contribution in [1.29, 1.82) is 0 Å². The number of hydrogen-bond donors (Lipinski definition) is 0. The first-order valence-corrected chi connectivity index (χ1v) is 4.31. The second-order valence-corrected chi connectivity index (χ2v) is 4.44. The van der Waals surface area contributed by atoms with Crippen molar-refractivity contribution in [2.45, 2.75) is 34.1 Å². The van der Waals surface area contributed by atoms with Crippen molar-refractivity contribution >= 4 is 12.3 Å². The third-order valence-corrected chi connectivity index (χ3v) is 2.78. The molecule has 3 heteroatoms. The molecule has 76 valence electrons. The first-order chi connectivity index (χ1) is 5.79. The van der Waals surface area contributed by atoms with Crippen molar-refractivity contribution in [2.24, 2.45) is 10.8 Å². The van der Waals surface area contributed by atoms with Crippen molar-refractivity contribution in [3.8, 4) is 0 Å². The zero-order valence-electron chi connectivity index (χ0n) is 9.01. The van der Waals surface area contributed by atoms with Gasteiger partial charge < -0.3 is 9.53 Å². The highest BCUT2D eigenvalue weighted by Crippen LogP contribution is 2.41. The molecule has 0 N–H and O–H groups in total. The minimum atomic E-state index is -0.733. The molecule has 1 unspecified atom stereocenters. The van der Waals surface area contributed by atoms with Crippen LogP contribution < -0.4 is 0 Å². The van der Waals surface area contributed by atoms with Gasteiger partial charge >= 0.3 is 5.97 Å². The van der Waals surface area contributed by atoms with Gasteiger partial charge in [0.15, 0.2) is 0 Å². The van der Waals surface area contributed by atoms with E-state index in [1.165, 1.54) is 7.11 Å². The van der Waals surface area contributed by atoms with Crippen molar-refractivity contribution in [1.82, 2.24) is 0 Å². The van der Waals surface area contributed by atoms with Gasteiger partial charge in [-0.15, -0.1) is 0 Å². The third kappa shape index (κ3) is 2.29. The van der Waals surface area contributed by atoms with Gasteiger partial charge in [0, 0.05) is 6.42 Å². The number of methoxy groups -OCH3 is 1. The van der Waals surface area contributed by atoms with Crippen LogP contribution in [0.1, 0.15) is 34.1 Å². The van der Waals surface area contributed by atoms with Crippen LogP contribution in [0.2, 0.25) is 0 Å². The minimum Gasteiger partial charge on any atom is -0.469 e. The van der Waals surface area contributed by atoms with E-state index < -0.39 is 5.41 Å². The van der Waals surface area contributed by atoms with Crippen LogP contribution in [0.3, 0.4) is 0 Å². The third-order valence-electron chi connectivity index (χ3n) is 2.78. The molecule has 0 spiro atoms. The Balaban J connectivity index is 4.94. The molecule has 0 aliphatic rings. The number of esters is 1. The Hall–Kier alpha value is -0.860. The summed E-state index contributed by atoms with van der Waals surface area (Å²) in [5.74, 6) is -0.327. The molecule has 0 saturated heterocycles. The fourth-order valence-corrected chi connectivity index (χ4v) is 1.09. The minimum absolute atomic E-state index is 0.198. The van der Waals surface area contributed by atoms with Crippen LogP contribution in [0.5, 0.6) is 0 Å². The maximum Gasteiger partial charge on any atom is 0.312 e. The van der Waals surface area contributed by atoms with Gasteiger partial charge in [-0.25, -0.2) is 0 Å². The van der Waals surface area contributed by atoms with Crippen molar-refractivity contribution in [3.63, 3.8) is 0 Å². The average Bonchev–Trinajstić information content (AvgIpc) is 2.01. The van der Waals surface area contributed by atoms with E-state index in [0.717, 1.165) is 6.29 Å². The van der Waals surface area contributed by atoms with Gasteiger partial charge in [0.2, 0.25) is 0 Å². The van der Waals surface area contributed by atoms with E-state index in [2.05, 4.69) is 0 Å². The predicted molar refractivity (Wildman–Crippen MR) is 50.3 cm³/mol. The van der Waals surface area contributed by atoms with Crippen LogP contribution in [0.15, 0.2) is 0 Å². The Morgan fingerprint density at radius 1 is 1.31 bits per heavy atom. The molecule has 3 nitrogen and oxygen atoms in total. The van der Waals surface area contributed by atoms with E-state index in [1.54, 1.807) is 6.92 Å². The molecular formula is C10H18O3. The van der Waals surface area contributed by atoms with Crippen LogP contribution in [0.25, 0.3) is 0 Å². The summed E-state index contributed by atoms with van der Waals surface area (Å²) in [6, 6.07) is 0. The molecule has 0 bridgehead atoms. The topological polar surface area (TPSA) is 43.4 Å². The standard InChI is InChI=1S/C10H18O3/c1-9(2,3)10(4,6-7-11)8(12)13-5/h7H,6H2,1-5H3. The maximum absolute atomic E-state index is 11.5. The molecule has 0 radical (unpaired) electrons. The number of hydrogen-bond acceptors (Lipinski definition) is 3. The lowest BCUT2D eigenvalue weighted by atomic mass is 9.66. The predicted octanol–water partition coefficient (Wildman–Crippen LogP) is 1.80. The summed E-state index contributed by atoms with van der Waals surface area (Å²) in [6.07, 6.45) is 0.964. The van der Waals surface area contributed by atoms with Gasteiger partial charge in [0.1, 0.15) is 6.29 Å².